The zero-order chi connectivity index (χ0) is 14.2. The van der Waals surface area contributed by atoms with Gasteiger partial charge in [0, 0.05) is 19.3 Å². The van der Waals surface area contributed by atoms with E-state index < -0.39 is 10.0 Å². The largest absolute Gasteiger partial charge is 0.315 e. The fourth-order valence-electron chi connectivity index (χ4n) is 1.55. The van der Waals surface area contributed by atoms with Gasteiger partial charge >= 0.3 is 4.87 Å². The minimum atomic E-state index is -3.63. The minimum absolute atomic E-state index is 0.0781. The number of nitrogens with one attached hydrogen (secondary N) is 1. The highest BCUT2D eigenvalue weighted by atomic mass is 79.9. The summed E-state index contributed by atoms with van der Waals surface area (Å²) in [6.45, 7) is 1.86. The molecular weight excluding hydrogens is 372 g/mol. The van der Waals surface area contributed by atoms with Gasteiger partial charge in [0.1, 0.15) is 0 Å². The molecule has 0 aliphatic rings. The number of aromatic amines is 1. The number of nitrogens with zero attached hydrogens (tertiary/aromatic N) is 1. The quantitative estimate of drug-likeness (QED) is 0.882. The molecule has 0 unspecified atom stereocenters. The molecule has 2 heterocycles. The van der Waals surface area contributed by atoms with Crippen LogP contribution in [-0.2, 0) is 16.6 Å². The predicted octanol–water partition coefficient (Wildman–Crippen LogP) is 2.39. The number of rotatable bonds is 4. The summed E-state index contributed by atoms with van der Waals surface area (Å²) in [6, 6.07) is 1.88. The van der Waals surface area contributed by atoms with Crippen LogP contribution >= 0.6 is 38.6 Å². The molecule has 0 fully saturated rings. The third-order valence-corrected chi connectivity index (χ3v) is 7.39. The van der Waals surface area contributed by atoms with Gasteiger partial charge in [-0.2, -0.15) is 4.31 Å². The smallest absolute Gasteiger partial charge is 0.305 e. The molecule has 2 rings (SSSR count). The minimum Gasteiger partial charge on any atom is -0.315 e. The van der Waals surface area contributed by atoms with Crippen LogP contribution < -0.4 is 4.87 Å². The Morgan fingerprint density at radius 1 is 1.47 bits per heavy atom. The van der Waals surface area contributed by atoms with E-state index in [0.717, 1.165) is 20.7 Å². The van der Waals surface area contributed by atoms with Crippen molar-refractivity contribution in [2.24, 2.45) is 0 Å². The second-order valence-corrected chi connectivity index (χ2v) is 9.46. The highest BCUT2D eigenvalue weighted by Crippen LogP contribution is 2.25. The van der Waals surface area contributed by atoms with Gasteiger partial charge in [-0.25, -0.2) is 8.42 Å². The van der Waals surface area contributed by atoms with E-state index in [4.69, 9.17) is 0 Å². The van der Waals surface area contributed by atoms with Crippen LogP contribution in [0.1, 0.15) is 11.3 Å². The van der Waals surface area contributed by atoms with Crippen molar-refractivity contribution in [1.82, 2.24) is 9.29 Å². The van der Waals surface area contributed by atoms with Crippen molar-refractivity contribution < 1.29 is 8.42 Å². The SMILES string of the molecule is Cc1[nH]c(=O)sc1S(=O)(=O)N(C)Cc1csc(Br)c1. The first-order valence-electron chi connectivity index (χ1n) is 5.19. The maximum Gasteiger partial charge on any atom is 0.305 e. The molecule has 0 aliphatic heterocycles. The number of thiophene rings is 1. The van der Waals surface area contributed by atoms with Crippen LogP contribution in [0.4, 0.5) is 0 Å². The van der Waals surface area contributed by atoms with Crippen LogP contribution in [0.25, 0.3) is 0 Å². The fraction of sp³-hybridized carbons (Fsp3) is 0.300. The first-order valence-corrected chi connectivity index (χ1v) is 9.12. The Kier molecular flexibility index (Phi) is 4.31. The van der Waals surface area contributed by atoms with Gasteiger partial charge in [-0.3, -0.25) is 4.79 Å². The highest BCUT2D eigenvalue weighted by Gasteiger charge is 2.25. The number of H-pyrrole nitrogens is 1. The Morgan fingerprint density at radius 3 is 2.63 bits per heavy atom. The summed E-state index contributed by atoms with van der Waals surface area (Å²) in [5, 5.41) is 1.89. The van der Waals surface area contributed by atoms with Crippen molar-refractivity contribution in [3.63, 3.8) is 0 Å². The number of thiazole rings is 1. The third kappa shape index (κ3) is 3.16. The maximum atomic E-state index is 12.3. The summed E-state index contributed by atoms with van der Waals surface area (Å²) in [4.78, 5) is 13.3. The molecule has 0 spiro atoms. The molecule has 1 N–H and O–H groups in total. The Hall–Kier alpha value is -0.480. The summed E-state index contributed by atoms with van der Waals surface area (Å²) in [7, 11) is -2.12. The van der Waals surface area contributed by atoms with Crippen molar-refractivity contribution in [2.45, 2.75) is 17.7 Å². The molecule has 0 aromatic carbocycles. The van der Waals surface area contributed by atoms with Gasteiger partial charge in [0.05, 0.1) is 3.79 Å². The first kappa shape index (κ1) is 14.9. The molecule has 104 valence electrons. The van der Waals surface area contributed by atoms with Crippen LogP contribution in [0, 0.1) is 6.92 Å². The van der Waals surface area contributed by atoms with E-state index in [9.17, 15) is 13.2 Å². The van der Waals surface area contributed by atoms with E-state index in [1.807, 2.05) is 11.4 Å². The molecule has 2 aromatic heterocycles. The van der Waals surface area contributed by atoms with Crippen LogP contribution in [-0.4, -0.2) is 24.8 Å². The van der Waals surface area contributed by atoms with Gasteiger partial charge in [0.2, 0.25) is 0 Å². The Bertz CT molecular complexity index is 744. The fourth-order valence-corrected chi connectivity index (χ4v) is 5.40. The van der Waals surface area contributed by atoms with Gasteiger partial charge in [-0.1, -0.05) is 11.3 Å². The van der Waals surface area contributed by atoms with Crippen molar-refractivity contribution in [1.29, 1.82) is 0 Å². The zero-order valence-corrected chi connectivity index (χ0v) is 14.2. The molecule has 19 heavy (non-hydrogen) atoms. The standard InChI is InChI=1S/C10H11BrN2O3S3/c1-6-9(18-10(14)12-6)19(15,16)13(2)4-7-3-8(11)17-5-7/h3,5H,4H2,1-2H3,(H,12,14). The van der Waals surface area contributed by atoms with Gasteiger partial charge in [0.25, 0.3) is 10.0 Å². The topological polar surface area (TPSA) is 70.2 Å². The summed E-state index contributed by atoms with van der Waals surface area (Å²) in [5.74, 6) is 0. The van der Waals surface area contributed by atoms with Crippen molar-refractivity contribution >= 4 is 48.6 Å². The summed E-state index contributed by atoms with van der Waals surface area (Å²) < 4.78 is 27.0. The number of hydrogen-bond donors (Lipinski definition) is 1. The highest BCUT2D eigenvalue weighted by molar-refractivity contribution is 9.11. The van der Waals surface area contributed by atoms with Crippen molar-refractivity contribution in [2.75, 3.05) is 7.05 Å². The Labute approximate surface area is 127 Å². The molecule has 0 saturated heterocycles. The van der Waals surface area contributed by atoms with Crippen LogP contribution in [0.15, 0.2) is 24.2 Å². The van der Waals surface area contributed by atoms with Crippen LogP contribution in [0.2, 0.25) is 0 Å². The predicted molar refractivity (Wildman–Crippen MR) is 80.3 cm³/mol. The molecule has 0 amide bonds. The monoisotopic (exact) mass is 382 g/mol. The number of sulfonamides is 1. The number of aryl methyl sites for hydroxylation is 1. The molecule has 0 atom stereocenters. The van der Waals surface area contributed by atoms with Gasteiger partial charge < -0.3 is 4.98 Å². The van der Waals surface area contributed by atoms with Gasteiger partial charge in [-0.15, -0.1) is 11.3 Å². The molecule has 2 aromatic rings. The average molecular weight is 383 g/mol. The molecule has 5 nitrogen and oxygen atoms in total. The molecule has 9 heteroatoms. The van der Waals surface area contributed by atoms with E-state index in [1.54, 1.807) is 6.92 Å². The van der Waals surface area contributed by atoms with Crippen LogP contribution in [0.5, 0.6) is 0 Å². The molecule has 0 aliphatic carbocycles. The molecule has 0 bridgehead atoms. The summed E-state index contributed by atoms with van der Waals surface area (Å²) >= 11 is 5.56. The third-order valence-electron chi connectivity index (χ3n) is 2.45. The average Bonchev–Trinajstić information content (AvgIpc) is 2.85. The lowest BCUT2D eigenvalue weighted by Gasteiger charge is -2.15. The van der Waals surface area contributed by atoms with E-state index in [0.29, 0.717) is 5.69 Å². The second-order valence-electron chi connectivity index (χ2n) is 3.95. The molecule has 0 saturated carbocycles. The van der Waals surface area contributed by atoms with E-state index in [1.165, 1.54) is 22.7 Å². The number of aromatic nitrogens is 1. The molecule has 0 radical (unpaired) electrons. The van der Waals surface area contributed by atoms with Gasteiger partial charge in [-0.05, 0) is 39.9 Å². The van der Waals surface area contributed by atoms with Crippen molar-refractivity contribution in [3.8, 4) is 0 Å². The summed E-state index contributed by atoms with van der Waals surface area (Å²) in [6.07, 6.45) is 0. The van der Waals surface area contributed by atoms with Crippen molar-refractivity contribution in [3.05, 3.63) is 36.2 Å². The Morgan fingerprint density at radius 2 is 2.16 bits per heavy atom. The first-order chi connectivity index (χ1) is 8.80. The summed E-state index contributed by atoms with van der Waals surface area (Å²) in [5.41, 5.74) is 1.29. The lowest BCUT2D eigenvalue weighted by molar-refractivity contribution is 0.468. The van der Waals surface area contributed by atoms with E-state index in [-0.39, 0.29) is 15.6 Å². The molecular formula is C10H11BrN2O3S3. The maximum absolute atomic E-state index is 12.3. The van der Waals surface area contributed by atoms with E-state index >= 15 is 0 Å². The normalized spacial score (nSPS) is 12.2. The lowest BCUT2D eigenvalue weighted by atomic mass is 10.3. The second kappa shape index (κ2) is 5.49. The van der Waals surface area contributed by atoms with E-state index in [2.05, 4.69) is 20.9 Å². The number of halogens is 1. The lowest BCUT2D eigenvalue weighted by Crippen LogP contribution is -2.26. The van der Waals surface area contributed by atoms with Crippen LogP contribution in [0.3, 0.4) is 0 Å². The number of hydrogen-bond acceptors (Lipinski definition) is 5. The van der Waals surface area contributed by atoms with Gasteiger partial charge in [0.15, 0.2) is 4.21 Å². The Balaban J connectivity index is 2.29. The zero-order valence-electron chi connectivity index (χ0n) is 10.1.